The SMILES string of the molecule is CNC(c1ccc2nccnc2c1)c1cscc1Br. The highest BCUT2D eigenvalue weighted by Gasteiger charge is 2.16. The van der Waals surface area contributed by atoms with Crippen molar-refractivity contribution in [2.45, 2.75) is 6.04 Å². The van der Waals surface area contributed by atoms with Gasteiger partial charge >= 0.3 is 0 Å². The molecule has 3 rings (SSSR count). The van der Waals surface area contributed by atoms with E-state index in [0.29, 0.717) is 0 Å². The molecule has 96 valence electrons. The zero-order valence-corrected chi connectivity index (χ0v) is 12.7. The molecule has 0 aliphatic rings. The first-order valence-electron chi connectivity index (χ1n) is 5.89. The van der Waals surface area contributed by atoms with E-state index in [9.17, 15) is 0 Å². The summed E-state index contributed by atoms with van der Waals surface area (Å²) in [5.74, 6) is 0. The van der Waals surface area contributed by atoms with E-state index in [1.165, 1.54) is 11.1 Å². The van der Waals surface area contributed by atoms with Crippen LogP contribution in [0.3, 0.4) is 0 Å². The Morgan fingerprint density at radius 1 is 1.16 bits per heavy atom. The van der Waals surface area contributed by atoms with Gasteiger partial charge in [-0.2, -0.15) is 11.3 Å². The van der Waals surface area contributed by atoms with Crippen LogP contribution in [0.25, 0.3) is 11.0 Å². The topological polar surface area (TPSA) is 37.8 Å². The molecule has 2 aromatic heterocycles. The second-order valence-electron chi connectivity index (χ2n) is 4.20. The Kier molecular flexibility index (Phi) is 3.59. The number of benzene rings is 1. The van der Waals surface area contributed by atoms with Gasteiger partial charge < -0.3 is 5.32 Å². The molecule has 1 atom stereocenters. The Morgan fingerprint density at radius 3 is 2.63 bits per heavy atom. The third-order valence-corrected chi connectivity index (χ3v) is 4.82. The monoisotopic (exact) mass is 333 g/mol. The number of nitrogens with one attached hydrogen (secondary N) is 1. The van der Waals surface area contributed by atoms with Gasteiger partial charge in [0.2, 0.25) is 0 Å². The minimum absolute atomic E-state index is 0.159. The van der Waals surface area contributed by atoms with E-state index in [1.54, 1.807) is 23.7 Å². The van der Waals surface area contributed by atoms with Crippen molar-refractivity contribution in [1.29, 1.82) is 0 Å². The minimum Gasteiger partial charge on any atom is -0.309 e. The molecule has 0 aliphatic carbocycles. The van der Waals surface area contributed by atoms with Crippen LogP contribution in [-0.2, 0) is 0 Å². The molecular formula is C14H12BrN3S. The van der Waals surface area contributed by atoms with Crippen molar-refractivity contribution in [2.75, 3.05) is 7.05 Å². The van der Waals surface area contributed by atoms with Crippen LogP contribution in [0.1, 0.15) is 17.2 Å². The fraction of sp³-hybridized carbons (Fsp3) is 0.143. The Labute approximate surface area is 123 Å². The molecule has 1 N–H and O–H groups in total. The highest BCUT2D eigenvalue weighted by Crippen LogP contribution is 2.32. The maximum absolute atomic E-state index is 4.36. The van der Waals surface area contributed by atoms with E-state index < -0.39 is 0 Å². The average Bonchev–Trinajstić information content (AvgIpc) is 2.86. The number of hydrogen-bond donors (Lipinski definition) is 1. The quantitative estimate of drug-likeness (QED) is 0.792. The lowest BCUT2D eigenvalue weighted by Gasteiger charge is -2.16. The molecule has 3 nitrogen and oxygen atoms in total. The molecule has 0 bridgehead atoms. The Balaban J connectivity index is 2.09. The summed E-state index contributed by atoms with van der Waals surface area (Å²) in [4.78, 5) is 8.66. The maximum Gasteiger partial charge on any atom is 0.0890 e. The summed E-state index contributed by atoms with van der Waals surface area (Å²) in [5, 5.41) is 7.61. The van der Waals surface area contributed by atoms with Gasteiger partial charge in [0.25, 0.3) is 0 Å². The Hall–Kier alpha value is -1.30. The van der Waals surface area contributed by atoms with Crippen molar-refractivity contribution in [3.63, 3.8) is 0 Å². The van der Waals surface area contributed by atoms with Crippen LogP contribution in [0.2, 0.25) is 0 Å². The molecule has 0 saturated carbocycles. The molecule has 0 aliphatic heterocycles. The first-order valence-corrected chi connectivity index (χ1v) is 7.62. The molecule has 2 heterocycles. The van der Waals surface area contributed by atoms with Gasteiger partial charge in [-0.05, 0) is 51.6 Å². The summed E-state index contributed by atoms with van der Waals surface area (Å²) >= 11 is 5.29. The number of rotatable bonds is 3. The number of aromatic nitrogens is 2. The van der Waals surface area contributed by atoms with Crippen LogP contribution in [0.4, 0.5) is 0 Å². The summed E-state index contributed by atoms with van der Waals surface area (Å²) in [6, 6.07) is 6.37. The van der Waals surface area contributed by atoms with E-state index in [0.717, 1.165) is 15.5 Å². The van der Waals surface area contributed by atoms with Crippen LogP contribution in [-0.4, -0.2) is 17.0 Å². The Morgan fingerprint density at radius 2 is 1.95 bits per heavy atom. The summed E-state index contributed by atoms with van der Waals surface area (Å²) in [7, 11) is 1.97. The Bertz CT molecular complexity index is 710. The van der Waals surface area contributed by atoms with Crippen molar-refractivity contribution in [2.24, 2.45) is 0 Å². The van der Waals surface area contributed by atoms with Crippen molar-refractivity contribution in [1.82, 2.24) is 15.3 Å². The molecular weight excluding hydrogens is 322 g/mol. The van der Waals surface area contributed by atoms with Gasteiger partial charge in [-0.3, -0.25) is 9.97 Å². The lowest BCUT2D eigenvalue weighted by atomic mass is 10.0. The van der Waals surface area contributed by atoms with Gasteiger partial charge in [0.05, 0.1) is 17.1 Å². The normalized spacial score (nSPS) is 12.7. The molecule has 0 fully saturated rings. The second kappa shape index (κ2) is 5.36. The van der Waals surface area contributed by atoms with Crippen molar-refractivity contribution in [3.8, 4) is 0 Å². The smallest absolute Gasteiger partial charge is 0.0890 e. The number of thiophene rings is 1. The van der Waals surface area contributed by atoms with Crippen molar-refractivity contribution in [3.05, 3.63) is 57.0 Å². The van der Waals surface area contributed by atoms with Crippen LogP contribution in [0.5, 0.6) is 0 Å². The minimum atomic E-state index is 0.159. The highest BCUT2D eigenvalue weighted by molar-refractivity contribution is 9.10. The maximum atomic E-state index is 4.36. The van der Waals surface area contributed by atoms with Crippen LogP contribution < -0.4 is 5.32 Å². The molecule has 0 amide bonds. The van der Waals surface area contributed by atoms with Gasteiger partial charge in [-0.1, -0.05) is 6.07 Å². The predicted octanol–water partition coefficient (Wildman–Crippen LogP) is 3.76. The average molecular weight is 334 g/mol. The van der Waals surface area contributed by atoms with E-state index in [4.69, 9.17) is 0 Å². The highest BCUT2D eigenvalue weighted by atomic mass is 79.9. The van der Waals surface area contributed by atoms with Crippen molar-refractivity contribution >= 4 is 38.3 Å². The molecule has 1 aromatic carbocycles. The zero-order valence-electron chi connectivity index (χ0n) is 10.3. The fourth-order valence-corrected chi connectivity index (χ4v) is 3.71. The first kappa shape index (κ1) is 12.7. The fourth-order valence-electron chi connectivity index (χ4n) is 2.16. The zero-order chi connectivity index (χ0) is 13.2. The van der Waals surface area contributed by atoms with E-state index >= 15 is 0 Å². The van der Waals surface area contributed by atoms with Crippen LogP contribution in [0, 0.1) is 0 Å². The van der Waals surface area contributed by atoms with Gasteiger partial charge in [-0.25, -0.2) is 0 Å². The first-order chi connectivity index (χ1) is 9.29. The van der Waals surface area contributed by atoms with Crippen molar-refractivity contribution < 1.29 is 0 Å². The summed E-state index contributed by atoms with van der Waals surface area (Å²) in [5.41, 5.74) is 4.28. The van der Waals surface area contributed by atoms with E-state index in [1.807, 2.05) is 13.1 Å². The van der Waals surface area contributed by atoms with Crippen LogP contribution in [0.15, 0.2) is 45.8 Å². The second-order valence-corrected chi connectivity index (χ2v) is 5.80. The molecule has 1 unspecified atom stereocenters. The molecule has 3 aromatic rings. The van der Waals surface area contributed by atoms with Crippen LogP contribution >= 0.6 is 27.3 Å². The third-order valence-electron chi connectivity index (χ3n) is 3.07. The molecule has 0 spiro atoms. The largest absolute Gasteiger partial charge is 0.309 e. The molecule has 5 heteroatoms. The van der Waals surface area contributed by atoms with E-state index in [-0.39, 0.29) is 6.04 Å². The third kappa shape index (κ3) is 2.41. The molecule has 0 saturated heterocycles. The lowest BCUT2D eigenvalue weighted by molar-refractivity contribution is 0.692. The van der Waals surface area contributed by atoms with Gasteiger partial charge in [0, 0.05) is 22.2 Å². The lowest BCUT2D eigenvalue weighted by Crippen LogP contribution is -2.17. The number of fused-ring (bicyclic) bond motifs is 1. The van der Waals surface area contributed by atoms with Gasteiger partial charge in [-0.15, -0.1) is 0 Å². The summed E-state index contributed by atoms with van der Waals surface area (Å²) in [6.45, 7) is 0. The molecule has 0 radical (unpaired) electrons. The van der Waals surface area contributed by atoms with Gasteiger partial charge in [0.1, 0.15) is 0 Å². The number of hydrogen-bond acceptors (Lipinski definition) is 4. The van der Waals surface area contributed by atoms with E-state index in [2.05, 4.69) is 54.1 Å². The number of nitrogens with zero attached hydrogens (tertiary/aromatic N) is 2. The predicted molar refractivity (Wildman–Crippen MR) is 82.5 cm³/mol. The summed E-state index contributed by atoms with van der Waals surface area (Å²) < 4.78 is 1.14. The van der Waals surface area contributed by atoms with Gasteiger partial charge in [0.15, 0.2) is 0 Å². The summed E-state index contributed by atoms with van der Waals surface area (Å²) in [6.07, 6.45) is 3.44. The molecule has 19 heavy (non-hydrogen) atoms. The number of halogens is 1. The standard InChI is InChI=1S/C14H12BrN3S/c1-16-14(10-7-19-8-11(10)15)9-2-3-12-13(6-9)18-5-4-17-12/h2-8,14,16H,1H3.